The normalized spacial score (nSPS) is 11.9. The van der Waals surface area contributed by atoms with E-state index < -0.39 is 0 Å². The number of urea groups is 1. The number of hydrogen-bond donors (Lipinski definition) is 1. The van der Waals surface area contributed by atoms with Gasteiger partial charge in [-0.2, -0.15) is 4.98 Å². The number of carbonyl (C=O) groups excluding carboxylic acids is 1. The van der Waals surface area contributed by atoms with E-state index in [0.717, 1.165) is 5.56 Å². The molecule has 7 nitrogen and oxygen atoms in total. The van der Waals surface area contributed by atoms with Crippen molar-refractivity contribution >= 4 is 23.6 Å². The first-order valence-corrected chi connectivity index (χ1v) is 7.52. The van der Waals surface area contributed by atoms with Gasteiger partial charge in [-0.15, -0.1) is 0 Å². The van der Waals surface area contributed by atoms with Crippen LogP contribution in [0.5, 0.6) is 0 Å². The summed E-state index contributed by atoms with van der Waals surface area (Å²) in [5.74, 6) is 0.826. The van der Waals surface area contributed by atoms with Gasteiger partial charge in [0.1, 0.15) is 0 Å². The summed E-state index contributed by atoms with van der Waals surface area (Å²) in [5, 5.41) is 7.22. The quantitative estimate of drug-likeness (QED) is 0.908. The van der Waals surface area contributed by atoms with Crippen molar-refractivity contribution in [2.24, 2.45) is 0 Å². The van der Waals surface area contributed by atoms with Crippen molar-refractivity contribution in [1.82, 2.24) is 20.4 Å². The first kappa shape index (κ1) is 17.1. The van der Waals surface area contributed by atoms with Crippen molar-refractivity contribution in [1.29, 1.82) is 0 Å². The summed E-state index contributed by atoms with van der Waals surface area (Å²) in [5.41, 5.74) is 1.000. The molecule has 0 aliphatic carbocycles. The zero-order chi connectivity index (χ0) is 17.0. The van der Waals surface area contributed by atoms with Crippen molar-refractivity contribution < 1.29 is 9.32 Å². The smallest absolute Gasteiger partial charge is 0.318 e. The summed E-state index contributed by atoms with van der Waals surface area (Å²) < 4.78 is 5.06. The topological polar surface area (TPSA) is 74.5 Å². The Balaban J connectivity index is 1.92. The molecule has 2 amide bonds. The summed E-state index contributed by atoms with van der Waals surface area (Å²) in [7, 11) is 5.36. The van der Waals surface area contributed by atoms with E-state index in [1.165, 1.54) is 0 Å². The molecule has 0 spiro atoms. The minimum Gasteiger partial charge on any atom is -0.344 e. The molecule has 1 N–H and O–H groups in total. The molecule has 0 saturated carbocycles. The monoisotopic (exact) mass is 337 g/mol. The fraction of sp³-hybridized carbons (Fsp3) is 0.400. The van der Waals surface area contributed by atoms with Crippen LogP contribution in [0.25, 0.3) is 0 Å². The first-order chi connectivity index (χ1) is 10.9. The minimum absolute atomic E-state index is 0.0905. The number of hydrogen-bond acceptors (Lipinski definition) is 5. The zero-order valence-corrected chi connectivity index (χ0v) is 14.3. The zero-order valence-electron chi connectivity index (χ0n) is 13.6. The third-order valence-corrected chi connectivity index (χ3v) is 3.75. The van der Waals surface area contributed by atoms with Crippen molar-refractivity contribution in [2.75, 3.05) is 26.0 Å². The Bertz CT molecular complexity index is 656. The van der Waals surface area contributed by atoms with Gasteiger partial charge >= 0.3 is 6.03 Å². The molecule has 1 atom stereocenters. The number of aromatic nitrogens is 2. The maximum Gasteiger partial charge on any atom is 0.318 e. The molecule has 1 heterocycles. The Morgan fingerprint density at radius 3 is 2.52 bits per heavy atom. The van der Waals surface area contributed by atoms with Crippen molar-refractivity contribution in [2.45, 2.75) is 19.5 Å². The molecule has 23 heavy (non-hydrogen) atoms. The van der Waals surface area contributed by atoms with Gasteiger partial charge in [0.25, 0.3) is 5.95 Å². The van der Waals surface area contributed by atoms with Crippen molar-refractivity contribution in [3.8, 4) is 0 Å². The fourth-order valence-electron chi connectivity index (χ4n) is 1.92. The summed E-state index contributed by atoms with van der Waals surface area (Å²) in [4.78, 5) is 19.7. The lowest BCUT2D eigenvalue weighted by Gasteiger charge is -2.25. The highest BCUT2D eigenvalue weighted by atomic mass is 35.5. The Morgan fingerprint density at radius 1 is 1.30 bits per heavy atom. The number of carbonyl (C=O) groups is 1. The van der Waals surface area contributed by atoms with Crippen LogP contribution in [0.3, 0.4) is 0 Å². The molecule has 8 heteroatoms. The summed E-state index contributed by atoms with van der Waals surface area (Å²) >= 11 is 5.88. The summed E-state index contributed by atoms with van der Waals surface area (Å²) in [6.07, 6.45) is 0. The molecular formula is C15H20ClN5O2. The van der Waals surface area contributed by atoms with E-state index in [4.69, 9.17) is 16.1 Å². The highest BCUT2D eigenvalue weighted by Crippen LogP contribution is 2.20. The molecule has 0 aliphatic heterocycles. The number of anilines is 1. The third kappa shape index (κ3) is 4.35. The van der Waals surface area contributed by atoms with Gasteiger partial charge in [0.2, 0.25) is 5.89 Å². The molecule has 1 aromatic heterocycles. The van der Waals surface area contributed by atoms with Gasteiger partial charge in [-0.25, -0.2) is 4.79 Å². The average molecular weight is 338 g/mol. The molecule has 124 valence electrons. The molecule has 2 rings (SSSR count). The lowest BCUT2D eigenvalue weighted by Crippen LogP contribution is -2.38. The number of amides is 2. The number of benzene rings is 1. The second kappa shape index (κ2) is 7.32. The van der Waals surface area contributed by atoms with Gasteiger partial charge in [0.15, 0.2) is 0 Å². The molecule has 1 unspecified atom stereocenters. The van der Waals surface area contributed by atoms with Gasteiger partial charge < -0.3 is 19.6 Å². The van der Waals surface area contributed by atoms with Gasteiger partial charge in [-0.3, -0.25) is 0 Å². The van der Waals surface area contributed by atoms with Crippen LogP contribution in [0.2, 0.25) is 5.02 Å². The second-order valence-electron chi connectivity index (χ2n) is 5.38. The van der Waals surface area contributed by atoms with Gasteiger partial charge in [-0.05, 0) is 29.8 Å². The van der Waals surface area contributed by atoms with E-state index in [0.29, 0.717) is 16.9 Å². The summed E-state index contributed by atoms with van der Waals surface area (Å²) in [6.45, 7) is 2.12. The van der Waals surface area contributed by atoms with Crippen LogP contribution in [-0.2, 0) is 6.54 Å². The average Bonchev–Trinajstić information content (AvgIpc) is 3.01. The molecular weight excluding hydrogens is 318 g/mol. The largest absolute Gasteiger partial charge is 0.344 e. The molecule has 2 aromatic rings. The number of rotatable bonds is 5. The minimum atomic E-state index is -0.225. The Hall–Kier alpha value is -2.28. The van der Waals surface area contributed by atoms with E-state index in [1.54, 1.807) is 29.0 Å². The Labute approximate surface area is 140 Å². The predicted molar refractivity (Wildman–Crippen MR) is 88.5 cm³/mol. The highest BCUT2D eigenvalue weighted by Gasteiger charge is 2.18. The van der Waals surface area contributed by atoms with Crippen molar-refractivity contribution in [3.05, 3.63) is 40.7 Å². The van der Waals surface area contributed by atoms with Crippen LogP contribution in [0.15, 0.2) is 28.8 Å². The maximum absolute atomic E-state index is 12.2. The number of halogens is 1. The molecule has 0 saturated heterocycles. The molecule has 1 aromatic carbocycles. The standard InChI is InChI=1S/C15H20ClN5O2/c1-10(11-5-7-12(16)8-6-11)21(4)15(22)17-9-13-18-14(19-23-13)20(2)3/h5-8,10H,9H2,1-4H3,(H,17,22). The molecule has 0 bridgehead atoms. The lowest BCUT2D eigenvalue weighted by molar-refractivity contribution is 0.192. The lowest BCUT2D eigenvalue weighted by atomic mass is 10.1. The van der Waals surface area contributed by atoms with Gasteiger partial charge in [0, 0.05) is 26.2 Å². The van der Waals surface area contributed by atoms with E-state index in [-0.39, 0.29) is 18.6 Å². The van der Waals surface area contributed by atoms with E-state index in [2.05, 4.69) is 15.5 Å². The van der Waals surface area contributed by atoms with Crippen molar-refractivity contribution in [3.63, 3.8) is 0 Å². The Kier molecular flexibility index (Phi) is 5.44. The van der Waals surface area contributed by atoms with Crippen LogP contribution in [0, 0.1) is 0 Å². The predicted octanol–water partition coefficient (Wildman–Crippen LogP) is 2.69. The second-order valence-corrected chi connectivity index (χ2v) is 5.82. The van der Waals surface area contributed by atoms with E-state index in [1.807, 2.05) is 33.2 Å². The van der Waals surface area contributed by atoms with E-state index >= 15 is 0 Å². The first-order valence-electron chi connectivity index (χ1n) is 7.14. The molecule has 0 radical (unpaired) electrons. The SMILES string of the molecule is CC(c1ccc(Cl)cc1)N(C)C(=O)NCc1nc(N(C)C)no1. The van der Waals surface area contributed by atoms with Gasteiger partial charge in [0.05, 0.1) is 12.6 Å². The highest BCUT2D eigenvalue weighted by molar-refractivity contribution is 6.30. The number of nitrogens with one attached hydrogen (secondary N) is 1. The molecule has 0 aliphatic rings. The van der Waals surface area contributed by atoms with Crippen LogP contribution < -0.4 is 10.2 Å². The molecule has 0 fully saturated rings. The van der Waals surface area contributed by atoms with Crippen LogP contribution >= 0.6 is 11.6 Å². The van der Waals surface area contributed by atoms with Crippen LogP contribution in [0.4, 0.5) is 10.7 Å². The Morgan fingerprint density at radius 2 is 1.96 bits per heavy atom. The van der Waals surface area contributed by atoms with Crippen LogP contribution in [-0.4, -0.2) is 42.2 Å². The van der Waals surface area contributed by atoms with Crippen LogP contribution in [0.1, 0.15) is 24.4 Å². The summed E-state index contributed by atoms with van der Waals surface area (Å²) in [6, 6.07) is 7.10. The van der Waals surface area contributed by atoms with E-state index in [9.17, 15) is 4.79 Å². The third-order valence-electron chi connectivity index (χ3n) is 3.50. The maximum atomic E-state index is 12.2. The fourth-order valence-corrected chi connectivity index (χ4v) is 2.04. The van der Waals surface area contributed by atoms with Gasteiger partial charge in [-0.1, -0.05) is 23.7 Å². The number of nitrogens with zero attached hydrogens (tertiary/aromatic N) is 4.